The molecular weight excluding hydrogens is 339 g/mol. The van der Waals surface area contributed by atoms with Gasteiger partial charge < -0.3 is 4.74 Å². The molecule has 0 N–H and O–H groups in total. The Morgan fingerprint density at radius 3 is 2.74 bits per heavy atom. The fourth-order valence-corrected chi connectivity index (χ4v) is 2.76. The van der Waals surface area contributed by atoms with Crippen LogP contribution in [0.2, 0.25) is 5.02 Å². The monoisotopic (exact) mass is 348 g/mol. The minimum absolute atomic E-state index is 0.0974. The summed E-state index contributed by atoms with van der Waals surface area (Å²) < 4.78 is 22.1. The van der Waals surface area contributed by atoms with E-state index in [1.807, 2.05) is 6.07 Å². The highest BCUT2D eigenvalue weighted by Gasteiger charge is 2.19. The standard InChI is InChI=1S/C16H10ClFN2O2S/c17-12-3-1-2-10(8-12)9-22-16(21)15-14(19-20-23-15)11-4-6-13(18)7-5-11/h1-8H,9H2. The molecule has 0 aliphatic rings. The van der Waals surface area contributed by atoms with E-state index in [0.29, 0.717) is 16.3 Å². The van der Waals surface area contributed by atoms with E-state index in [1.54, 1.807) is 30.3 Å². The molecule has 3 rings (SSSR count). The van der Waals surface area contributed by atoms with Crippen molar-refractivity contribution in [2.45, 2.75) is 6.61 Å². The van der Waals surface area contributed by atoms with Crippen LogP contribution in [-0.4, -0.2) is 15.6 Å². The molecule has 0 radical (unpaired) electrons. The maximum atomic E-state index is 13.0. The summed E-state index contributed by atoms with van der Waals surface area (Å²) in [4.78, 5) is 12.5. The molecule has 0 bridgehead atoms. The predicted octanol–water partition coefficient (Wildman–Crippen LogP) is 4.35. The third kappa shape index (κ3) is 3.72. The highest BCUT2D eigenvalue weighted by molar-refractivity contribution is 7.08. The van der Waals surface area contributed by atoms with Crippen molar-refractivity contribution >= 4 is 29.1 Å². The number of nitrogens with zero attached hydrogens (tertiary/aromatic N) is 2. The lowest BCUT2D eigenvalue weighted by Crippen LogP contribution is -2.05. The van der Waals surface area contributed by atoms with Gasteiger partial charge in [-0.25, -0.2) is 9.18 Å². The van der Waals surface area contributed by atoms with Crippen molar-refractivity contribution in [3.63, 3.8) is 0 Å². The molecular formula is C16H10ClFN2O2S. The van der Waals surface area contributed by atoms with Gasteiger partial charge in [-0.1, -0.05) is 28.2 Å². The van der Waals surface area contributed by atoms with Crippen LogP contribution in [0.1, 0.15) is 15.2 Å². The van der Waals surface area contributed by atoms with Crippen LogP contribution >= 0.6 is 23.1 Å². The van der Waals surface area contributed by atoms with Crippen LogP contribution in [0.15, 0.2) is 48.5 Å². The number of ether oxygens (including phenoxy) is 1. The van der Waals surface area contributed by atoms with Crippen LogP contribution in [0.5, 0.6) is 0 Å². The highest BCUT2D eigenvalue weighted by Crippen LogP contribution is 2.25. The Hall–Kier alpha value is -2.31. The van der Waals surface area contributed by atoms with E-state index in [2.05, 4.69) is 9.59 Å². The number of hydrogen-bond acceptors (Lipinski definition) is 5. The average Bonchev–Trinajstić information content (AvgIpc) is 3.03. The van der Waals surface area contributed by atoms with Crippen molar-refractivity contribution in [3.05, 3.63) is 69.8 Å². The predicted molar refractivity (Wildman–Crippen MR) is 85.9 cm³/mol. The van der Waals surface area contributed by atoms with E-state index < -0.39 is 5.97 Å². The van der Waals surface area contributed by atoms with Crippen molar-refractivity contribution < 1.29 is 13.9 Å². The van der Waals surface area contributed by atoms with Crippen LogP contribution in [0.3, 0.4) is 0 Å². The van der Waals surface area contributed by atoms with Crippen LogP contribution in [0.4, 0.5) is 4.39 Å². The molecule has 1 heterocycles. The third-order valence-electron chi connectivity index (χ3n) is 3.05. The number of benzene rings is 2. The van der Waals surface area contributed by atoms with Crippen molar-refractivity contribution in [1.29, 1.82) is 0 Å². The van der Waals surface area contributed by atoms with Crippen molar-refractivity contribution in [2.75, 3.05) is 0 Å². The summed E-state index contributed by atoms with van der Waals surface area (Å²) in [7, 11) is 0. The zero-order valence-electron chi connectivity index (χ0n) is 11.7. The van der Waals surface area contributed by atoms with Gasteiger partial charge in [0.25, 0.3) is 0 Å². The number of rotatable bonds is 4. The first kappa shape index (κ1) is 15.6. The summed E-state index contributed by atoms with van der Waals surface area (Å²) >= 11 is 6.83. The van der Waals surface area contributed by atoms with Crippen LogP contribution in [-0.2, 0) is 11.3 Å². The van der Waals surface area contributed by atoms with Crippen molar-refractivity contribution in [3.8, 4) is 11.3 Å². The molecule has 2 aromatic carbocycles. The second kappa shape index (κ2) is 6.85. The Labute approximate surface area is 140 Å². The van der Waals surface area contributed by atoms with E-state index in [1.165, 1.54) is 12.1 Å². The Morgan fingerprint density at radius 1 is 1.22 bits per heavy atom. The molecule has 0 atom stereocenters. The van der Waals surface area contributed by atoms with E-state index in [9.17, 15) is 9.18 Å². The molecule has 23 heavy (non-hydrogen) atoms. The smallest absolute Gasteiger partial charge is 0.352 e. The van der Waals surface area contributed by atoms with E-state index >= 15 is 0 Å². The van der Waals surface area contributed by atoms with Gasteiger partial charge in [-0.2, -0.15) is 0 Å². The first-order valence-corrected chi connectivity index (χ1v) is 7.78. The van der Waals surface area contributed by atoms with Gasteiger partial charge in [0, 0.05) is 10.6 Å². The average molecular weight is 349 g/mol. The highest BCUT2D eigenvalue weighted by atomic mass is 35.5. The molecule has 0 saturated heterocycles. The van der Waals surface area contributed by atoms with Gasteiger partial charge in [0.05, 0.1) is 0 Å². The SMILES string of the molecule is O=C(OCc1cccc(Cl)c1)c1snnc1-c1ccc(F)cc1. The number of halogens is 2. The second-order valence-corrected chi connectivity index (χ2v) is 5.85. The first-order chi connectivity index (χ1) is 11.1. The molecule has 1 aromatic heterocycles. The van der Waals surface area contributed by atoms with Gasteiger partial charge in [0.1, 0.15) is 18.1 Å². The third-order valence-corrected chi connectivity index (χ3v) is 3.99. The number of carbonyl (C=O) groups is 1. The van der Waals surface area contributed by atoms with Crippen molar-refractivity contribution in [2.24, 2.45) is 0 Å². The number of aromatic nitrogens is 2. The normalized spacial score (nSPS) is 10.5. The van der Waals surface area contributed by atoms with Gasteiger partial charge in [0.2, 0.25) is 0 Å². The molecule has 7 heteroatoms. The molecule has 0 amide bonds. The maximum absolute atomic E-state index is 13.0. The molecule has 0 saturated carbocycles. The van der Waals surface area contributed by atoms with Crippen LogP contribution in [0.25, 0.3) is 11.3 Å². The van der Waals surface area contributed by atoms with Gasteiger partial charge in [0.15, 0.2) is 4.88 Å². The lowest BCUT2D eigenvalue weighted by molar-refractivity contribution is 0.0479. The quantitative estimate of drug-likeness (QED) is 0.657. The maximum Gasteiger partial charge on any atom is 0.352 e. The summed E-state index contributed by atoms with van der Waals surface area (Å²) in [5.74, 6) is -0.888. The van der Waals surface area contributed by atoms with Gasteiger partial charge in [-0.05, 0) is 53.5 Å². The Kier molecular flexibility index (Phi) is 4.64. The molecule has 116 valence electrons. The molecule has 0 spiro atoms. The van der Waals surface area contributed by atoms with Gasteiger partial charge in [-0.15, -0.1) is 5.10 Å². The summed E-state index contributed by atoms with van der Waals surface area (Å²) in [6.07, 6.45) is 0. The molecule has 4 nitrogen and oxygen atoms in total. The summed E-state index contributed by atoms with van der Waals surface area (Å²) in [6, 6.07) is 12.7. The van der Waals surface area contributed by atoms with Crippen molar-refractivity contribution in [1.82, 2.24) is 9.59 Å². The molecule has 0 aliphatic heterocycles. The first-order valence-electron chi connectivity index (χ1n) is 6.63. The fraction of sp³-hybridized carbons (Fsp3) is 0.0625. The van der Waals surface area contributed by atoms with Crippen LogP contribution < -0.4 is 0 Å². The van der Waals surface area contributed by atoms with Crippen LogP contribution in [0, 0.1) is 5.82 Å². The zero-order valence-corrected chi connectivity index (χ0v) is 13.3. The lowest BCUT2D eigenvalue weighted by atomic mass is 10.1. The largest absolute Gasteiger partial charge is 0.457 e. The van der Waals surface area contributed by atoms with E-state index in [0.717, 1.165) is 17.1 Å². The molecule has 3 aromatic rings. The van der Waals surface area contributed by atoms with E-state index in [-0.39, 0.29) is 17.3 Å². The minimum Gasteiger partial charge on any atom is -0.457 e. The summed E-state index contributed by atoms with van der Waals surface area (Å²) in [5.41, 5.74) is 1.77. The van der Waals surface area contributed by atoms with E-state index in [4.69, 9.17) is 16.3 Å². The topological polar surface area (TPSA) is 52.1 Å². The molecule has 0 aliphatic carbocycles. The van der Waals surface area contributed by atoms with Gasteiger partial charge >= 0.3 is 5.97 Å². The van der Waals surface area contributed by atoms with Gasteiger partial charge in [-0.3, -0.25) is 0 Å². The number of carbonyl (C=O) groups excluding carboxylic acids is 1. The summed E-state index contributed by atoms with van der Waals surface area (Å²) in [5, 5.41) is 4.50. The fourth-order valence-electron chi connectivity index (χ4n) is 1.96. The second-order valence-electron chi connectivity index (χ2n) is 4.66. The lowest BCUT2D eigenvalue weighted by Gasteiger charge is -2.05. The zero-order chi connectivity index (χ0) is 16.2. The Balaban J connectivity index is 1.76. The Bertz CT molecular complexity index is 836. The number of esters is 1. The minimum atomic E-state index is -0.528. The summed E-state index contributed by atoms with van der Waals surface area (Å²) in [6.45, 7) is 0.0974. The molecule has 0 unspecified atom stereocenters. The number of hydrogen-bond donors (Lipinski definition) is 0. The Morgan fingerprint density at radius 2 is 2.00 bits per heavy atom. The molecule has 0 fully saturated rings.